The maximum absolute atomic E-state index is 12.5. The number of carbonyl (C=O) groups is 3. The third-order valence-electron chi connectivity index (χ3n) is 5.64. The van der Waals surface area contributed by atoms with Gasteiger partial charge in [-0.1, -0.05) is 50.2 Å². The van der Waals surface area contributed by atoms with Crippen molar-refractivity contribution in [3.63, 3.8) is 0 Å². The molecule has 0 bridgehead atoms. The number of rotatable bonds is 7. The minimum absolute atomic E-state index is 0.0783. The van der Waals surface area contributed by atoms with Crippen LogP contribution in [0.5, 0.6) is 0 Å². The van der Waals surface area contributed by atoms with E-state index in [1.165, 1.54) is 27.4 Å². The Bertz CT molecular complexity index is 591. The van der Waals surface area contributed by atoms with Gasteiger partial charge in [0.25, 0.3) is 0 Å². The summed E-state index contributed by atoms with van der Waals surface area (Å²) in [7, 11) is 2.11. The highest BCUT2D eigenvalue weighted by molar-refractivity contribution is 6.84. The predicted octanol–water partition coefficient (Wildman–Crippen LogP) is 3.19. The van der Waals surface area contributed by atoms with E-state index in [0.717, 1.165) is 23.7 Å². The second-order valence-electron chi connectivity index (χ2n) is 6.70. The summed E-state index contributed by atoms with van der Waals surface area (Å²) >= 11 is 0. The lowest BCUT2D eigenvalue weighted by Gasteiger charge is -2.25. The van der Waals surface area contributed by atoms with E-state index in [0.29, 0.717) is 5.57 Å². The minimum Gasteiger partial charge on any atom is -0.468 e. The number of allylic oxidation sites excluding steroid dienone is 2. The highest BCUT2D eigenvalue weighted by atomic mass is 28.3. The summed E-state index contributed by atoms with van der Waals surface area (Å²) < 4.78 is 14.5. The fourth-order valence-corrected chi connectivity index (χ4v) is 6.76. The monoisotopic (exact) mass is 382 g/mol. The van der Waals surface area contributed by atoms with Gasteiger partial charge in [0.2, 0.25) is 0 Å². The Balaban J connectivity index is 3.55. The molecule has 1 saturated carbocycles. The molecule has 0 atom stereocenters. The molecule has 1 fully saturated rings. The van der Waals surface area contributed by atoms with E-state index in [1.807, 2.05) is 0 Å². The number of esters is 3. The van der Waals surface area contributed by atoms with Gasteiger partial charge in [-0.2, -0.15) is 0 Å². The van der Waals surface area contributed by atoms with Gasteiger partial charge in [-0.3, -0.25) is 9.59 Å². The molecule has 146 valence electrons. The summed E-state index contributed by atoms with van der Waals surface area (Å²) in [6, 6.07) is 3.16. The smallest absolute Gasteiger partial charge is 0.330 e. The number of methoxy groups -OCH3 is 3. The van der Waals surface area contributed by atoms with Gasteiger partial charge < -0.3 is 14.2 Å². The highest BCUT2D eigenvalue weighted by Crippen LogP contribution is 2.48. The first kappa shape index (κ1) is 22.1. The Labute approximate surface area is 156 Å². The van der Waals surface area contributed by atoms with Crippen LogP contribution in [0.4, 0.5) is 0 Å². The van der Waals surface area contributed by atoms with Crippen LogP contribution in [0.15, 0.2) is 22.9 Å². The van der Waals surface area contributed by atoms with E-state index < -0.39 is 31.4 Å². The summed E-state index contributed by atoms with van der Waals surface area (Å²) in [4.78, 5) is 36.8. The molecule has 0 radical (unpaired) electrons. The Kier molecular flexibility index (Phi) is 7.81. The van der Waals surface area contributed by atoms with E-state index in [-0.39, 0.29) is 12.8 Å². The minimum atomic E-state index is -1.70. The molecule has 1 aliphatic carbocycles. The summed E-state index contributed by atoms with van der Waals surface area (Å²) in [5, 5.41) is 0. The molecule has 0 amide bonds. The van der Waals surface area contributed by atoms with Crippen LogP contribution in [0.3, 0.4) is 0 Å². The molecule has 0 unspecified atom stereocenters. The zero-order valence-electron chi connectivity index (χ0n) is 16.6. The number of ether oxygens (including phenoxy) is 3. The average Bonchev–Trinajstić information content (AvgIpc) is 3.03. The van der Waals surface area contributed by atoms with Gasteiger partial charge in [0.05, 0.1) is 29.4 Å². The average molecular weight is 383 g/mol. The Morgan fingerprint density at radius 1 is 0.885 bits per heavy atom. The summed E-state index contributed by atoms with van der Waals surface area (Å²) in [5.41, 5.74) is 2.32. The Hall–Kier alpha value is -1.89. The van der Waals surface area contributed by atoms with Crippen molar-refractivity contribution in [2.24, 2.45) is 5.41 Å². The third-order valence-corrected chi connectivity index (χ3v) is 10.8. The van der Waals surface area contributed by atoms with Crippen molar-refractivity contribution in [1.29, 1.82) is 0 Å². The molecule has 0 aromatic heterocycles. The zero-order chi connectivity index (χ0) is 20.0. The second-order valence-corrected chi connectivity index (χ2v) is 11.8. The van der Waals surface area contributed by atoms with Crippen LogP contribution >= 0.6 is 0 Å². The van der Waals surface area contributed by atoms with Crippen molar-refractivity contribution < 1.29 is 28.6 Å². The molecule has 1 rings (SSSR count). The third kappa shape index (κ3) is 4.26. The molecular weight excluding hydrogens is 352 g/mol. The van der Waals surface area contributed by atoms with E-state index in [9.17, 15) is 14.4 Å². The lowest BCUT2D eigenvalue weighted by Crippen LogP contribution is -2.39. The molecule has 0 N–H and O–H groups in total. The van der Waals surface area contributed by atoms with Crippen molar-refractivity contribution >= 4 is 26.0 Å². The molecular formula is C19H30O6Si. The first-order valence-corrected chi connectivity index (χ1v) is 11.6. The highest BCUT2D eigenvalue weighted by Gasteiger charge is 2.54. The van der Waals surface area contributed by atoms with Gasteiger partial charge in [-0.15, -0.1) is 0 Å². The van der Waals surface area contributed by atoms with Crippen LogP contribution in [0.25, 0.3) is 0 Å². The quantitative estimate of drug-likeness (QED) is 0.221. The van der Waals surface area contributed by atoms with Gasteiger partial charge in [0.1, 0.15) is 0 Å². The molecule has 0 saturated heterocycles. The lowest BCUT2D eigenvalue weighted by molar-refractivity contribution is -0.168. The van der Waals surface area contributed by atoms with Crippen molar-refractivity contribution in [1.82, 2.24) is 0 Å². The van der Waals surface area contributed by atoms with E-state index in [1.54, 1.807) is 0 Å². The molecule has 1 aliphatic rings. The van der Waals surface area contributed by atoms with Gasteiger partial charge in [-0.25, -0.2) is 4.79 Å². The van der Waals surface area contributed by atoms with Crippen molar-refractivity contribution in [2.45, 2.75) is 51.7 Å². The standard InChI is InChI=1S/C19H30O6Si/c1-7-26(8-2,9-3)13-15-12-19(17(21)24-5,18(22)25-6)11-14(15)10-16(20)23-4/h10,13H,7-9,11-12H2,1-6H3/b14-10+,15-13+. The van der Waals surface area contributed by atoms with Gasteiger partial charge >= 0.3 is 17.9 Å². The number of hydrogen-bond donors (Lipinski definition) is 0. The SMILES string of the molecule is CC[Si](/C=C1\CC(C(=O)OC)(C(=O)OC)C\C1=C/C(=O)OC)(CC)CC. The first-order valence-electron chi connectivity index (χ1n) is 8.95. The largest absolute Gasteiger partial charge is 0.468 e. The van der Waals surface area contributed by atoms with Crippen LogP contribution in [0.2, 0.25) is 18.1 Å². The normalized spacial score (nSPS) is 19.5. The van der Waals surface area contributed by atoms with E-state index >= 15 is 0 Å². The summed E-state index contributed by atoms with van der Waals surface area (Å²) in [5.74, 6) is -1.78. The van der Waals surface area contributed by atoms with Gasteiger partial charge in [-0.05, 0) is 12.0 Å². The van der Waals surface area contributed by atoms with Crippen LogP contribution in [0, 0.1) is 5.41 Å². The second kappa shape index (κ2) is 9.16. The molecule has 0 heterocycles. The molecule has 26 heavy (non-hydrogen) atoms. The molecule has 0 spiro atoms. The van der Waals surface area contributed by atoms with Crippen LogP contribution in [0.1, 0.15) is 33.6 Å². The summed E-state index contributed by atoms with van der Waals surface area (Å²) in [6.07, 6.45) is 1.64. The fraction of sp³-hybridized carbons (Fsp3) is 0.632. The van der Waals surface area contributed by atoms with Crippen molar-refractivity contribution in [2.75, 3.05) is 21.3 Å². The molecule has 0 aromatic carbocycles. The fourth-order valence-electron chi connectivity index (χ4n) is 3.62. The molecule has 0 aromatic rings. The van der Waals surface area contributed by atoms with E-state index in [4.69, 9.17) is 14.2 Å². The maximum Gasteiger partial charge on any atom is 0.330 e. The Morgan fingerprint density at radius 2 is 1.35 bits per heavy atom. The maximum atomic E-state index is 12.5. The van der Waals surface area contributed by atoms with Crippen LogP contribution < -0.4 is 0 Å². The first-order chi connectivity index (χ1) is 12.3. The molecule has 7 heteroatoms. The molecule has 6 nitrogen and oxygen atoms in total. The van der Waals surface area contributed by atoms with E-state index in [2.05, 4.69) is 26.5 Å². The van der Waals surface area contributed by atoms with Gasteiger partial charge in [0.15, 0.2) is 5.41 Å². The molecule has 0 aliphatic heterocycles. The lowest BCUT2D eigenvalue weighted by atomic mass is 9.86. The van der Waals surface area contributed by atoms with Crippen molar-refractivity contribution in [3.8, 4) is 0 Å². The van der Waals surface area contributed by atoms with Crippen LogP contribution in [-0.2, 0) is 28.6 Å². The zero-order valence-corrected chi connectivity index (χ0v) is 17.6. The topological polar surface area (TPSA) is 78.9 Å². The van der Waals surface area contributed by atoms with Gasteiger partial charge in [0, 0.05) is 12.5 Å². The predicted molar refractivity (Wildman–Crippen MR) is 101 cm³/mol. The number of carbonyl (C=O) groups excluding carboxylic acids is 3. The van der Waals surface area contributed by atoms with Crippen molar-refractivity contribution in [3.05, 3.63) is 22.9 Å². The van der Waals surface area contributed by atoms with Crippen LogP contribution in [-0.4, -0.2) is 47.3 Å². The number of hydrogen-bond acceptors (Lipinski definition) is 6. The Morgan fingerprint density at radius 3 is 1.73 bits per heavy atom. The summed E-state index contributed by atoms with van der Waals surface area (Å²) in [6.45, 7) is 6.51.